The molecule has 124 valence electrons. The second kappa shape index (κ2) is 6.79. The molecule has 0 aliphatic carbocycles. The van der Waals surface area contributed by atoms with E-state index in [-0.39, 0.29) is 5.54 Å². The molecule has 5 heteroatoms. The average molecular weight is 313 g/mol. The molecule has 0 radical (unpaired) electrons. The third-order valence-electron chi connectivity index (χ3n) is 4.61. The van der Waals surface area contributed by atoms with Gasteiger partial charge in [-0.05, 0) is 75.0 Å². The first-order valence-corrected chi connectivity index (χ1v) is 8.56. The van der Waals surface area contributed by atoms with E-state index in [1.165, 1.54) is 24.8 Å². The Morgan fingerprint density at radius 3 is 2.43 bits per heavy atom. The fourth-order valence-electron chi connectivity index (χ4n) is 3.32. The molecule has 1 aromatic carbocycles. The lowest BCUT2D eigenvalue weighted by Crippen LogP contribution is -2.36. The Bertz CT molecular complexity index is 606. The van der Waals surface area contributed by atoms with Gasteiger partial charge < -0.3 is 0 Å². The van der Waals surface area contributed by atoms with Crippen LogP contribution in [0.25, 0.3) is 0 Å². The number of tetrazole rings is 1. The molecule has 1 aliphatic rings. The van der Waals surface area contributed by atoms with E-state index in [4.69, 9.17) is 0 Å². The van der Waals surface area contributed by atoms with Crippen LogP contribution >= 0.6 is 0 Å². The number of hydrogen-bond acceptors (Lipinski definition) is 4. The molecule has 1 saturated heterocycles. The molecule has 0 spiro atoms. The summed E-state index contributed by atoms with van der Waals surface area (Å²) in [6.07, 6.45) is 3.71. The first-order valence-electron chi connectivity index (χ1n) is 8.56. The fourth-order valence-corrected chi connectivity index (χ4v) is 3.32. The van der Waals surface area contributed by atoms with E-state index in [1.54, 1.807) is 0 Å². The van der Waals surface area contributed by atoms with Crippen molar-refractivity contribution in [2.75, 3.05) is 13.1 Å². The predicted octanol–water partition coefficient (Wildman–Crippen LogP) is 2.88. The highest BCUT2D eigenvalue weighted by Gasteiger charge is 2.24. The van der Waals surface area contributed by atoms with Gasteiger partial charge in [0.25, 0.3) is 0 Å². The Morgan fingerprint density at radius 2 is 1.78 bits per heavy atom. The first kappa shape index (κ1) is 16.1. The zero-order chi connectivity index (χ0) is 16.3. The minimum Gasteiger partial charge on any atom is -0.296 e. The SMILES string of the molecule is CC(C)(C)n1nnnc1CN1CCC(Cc2ccccc2)CC1. The van der Waals surface area contributed by atoms with Crippen LogP contribution in [-0.2, 0) is 18.5 Å². The minimum atomic E-state index is -0.0650. The fraction of sp³-hybridized carbons (Fsp3) is 0.611. The molecular weight excluding hydrogens is 286 g/mol. The van der Waals surface area contributed by atoms with Crippen molar-refractivity contribution in [3.8, 4) is 0 Å². The molecule has 0 bridgehead atoms. The van der Waals surface area contributed by atoms with Crippen molar-refractivity contribution in [1.29, 1.82) is 0 Å². The van der Waals surface area contributed by atoms with Crippen molar-refractivity contribution in [1.82, 2.24) is 25.1 Å². The first-order chi connectivity index (χ1) is 11.0. The van der Waals surface area contributed by atoms with Gasteiger partial charge >= 0.3 is 0 Å². The lowest BCUT2D eigenvalue weighted by Gasteiger charge is -2.32. The monoisotopic (exact) mass is 313 g/mol. The topological polar surface area (TPSA) is 46.8 Å². The van der Waals surface area contributed by atoms with Gasteiger partial charge in [0, 0.05) is 0 Å². The number of likely N-dealkylation sites (tertiary alicyclic amines) is 1. The summed E-state index contributed by atoms with van der Waals surface area (Å²) in [6, 6.07) is 10.8. The van der Waals surface area contributed by atoms with Gasteiger partial charge in [-0.3, -0.25) is 4.90 Å². The Kier molecular flexibility index (Phi) is 4.76. The number of nitrogens with zero attached hydrogens (tertiary/aromatic N) is 5. The summed E-state index contributed by atoms with van der Waals surface area (Å²) in [5, 5.41) is 12.2. The summed E-state index contributed by atoms with van der Waals surface area (Å²) in [4.78, 5) is 2.48. The molecule has 2 heterocycles. The minimum absolute atomic E-state index is 0.0650. The van der Waals surface area contributed by atoms with Crippen molar-refractivity contribution in [2.24, 2.45) is 5.92 Å². The summed E-state index contributed by atoms with van der Waals surface area (Å²) in [5.74, 6) is 1.77. The van der Waals surface area contributed by atoms with Crippen LogP contribution in [0.2, 0.25) is 0 Å². The van der Waals surface area contributed by atoms with Crippen LogP contribution < -0.4 is 0 Å². The van der Waals surface area contributed by atoms with Crippen molar-refractivity contribution >= 4 is 0 Å². The molecule has 5 nitrogen and oxygen atoms in total. The van der Waals surface area contributed by atoms with Crippen LogP contribution in [0.3, 0.4) is 0 Å². The number of hydrogen-bond donors (Lipinski definition) is 0. The molecule has 1 aromatic heterocycles. The van der Waals surface area contributed by atoms with E-state index < -0.39 is 0 Å². The summed E-state index contributed by atoms with van der Waals surface area (Å²) < 4.78 is 1.95. The van der Waals surface area contributed by atoms with Crippen LogP contribution in [0.15, 0.2) is 30.3 Å². The Morgan fingerprint density at radius 1 is 1.09 bits per heavy atom. The summed E-state index contributed by atoms with van der Waals surface area (Å²) >= 11 is 0. The van der Waals surface area contributed by atoms with Gasteiger partial charge in [0.1, 0.15) is 0 Å². The van der Waals surface area contributed by atoms with Crippen LogP contribution in [0.4, 0.5) is 0 Å². The van der Waals surface area contributed by atoms with Crippen LogP contribution in [-0.4, -0.2) is 38.2 Å². The lowest BCUT2D eigenvalue weighted by molar-refractivity contribution is 0.166. The number of aromatic nitrogens is 4. The molecule has 23 heavy (non-hydrogen) atoms. The maximum absolute atomic E-state index is 4.22. The lowest BCUT2D eigenvalue weighted by atomic mass is 9.90. The van der Waals surface area contributed by atoms with E-state index in [0.717, 1.165) is 31.4 Å². The second-order valence-corrected chi connectivity index (χ2v) is 7.59. The zero-order valence-corrected chi connectivity index (χ0v) is 14.4. The standard InChI is InChI=1S/C18H27N5/c1-18(2,3)23-17(19-20-21-23)14-22-11-9-16(10-12-22)13-15-7-5-4-6-8-15/h4-8,16H,9-14H2,1-3H3. The molecule has 1 fully saturated rings. The van der Waals surface area contributed by atoms with Gasteiger partial charge in [-0.25, -0.2) is 4.68 Å². The van der Waals surface area contributed by atoms with Gasteiger partial charge in [0.15, 0.2) is 5.82 Å². The molecule has 0 unspecified atom stereocenters. The largest absolute Gasteiger partial charge is 0.296 e. The van der Waals surface area contributed by atoms with Crippen molar-refractivity contribution < 1.29 is 0 Å². The quantitative estimate of drug-likeness (QED) is 0.871. The number of rotatable bonds is 4. The molecule has 0 amide bonds. The maximum atomic E-state index is 4.22. The molecule has 0 saturated carbocycles. The van der Waals surface area contributed by atoms with E-state index >= 15 is 0 Å². The van der Waals surface area contributed by atoms with E-state index in [0.29, 0.717) is 0 Å². The highest BCUT2D eigenvalue weighted by atomic mass is 15.6. The molecule has 1 aliphatic heterocycles. The number of piperidine rings is 1. The predicted molar refractivity (Wildman–Crippen MR) is 91.0 cm³/mol. The maximum Gasteiger partial charge on any atom is 0.165 e. The number of benzene rings is 1. The highest BCUT2D eigenvalue weighted by molar-refractivity contribution is 5.15. The van der Waals surface area contributed by atoms with E-state index in [9.17, 15) is 0 Å². The van der Waals surface area contributed by atoms with Crippen LogP contribution in [0, 0.1) is 5.92 Å². The third-order valence-corrected chi connectivity index (χ3v) is 4.61. The highest BCUT2D eigenvalue weighted by Crippen LogP contribution is 2.23. The molecule has 2 aromatic rings. The van der Waals surface area contributed by atoms with Gasteiger partial charge in [-0.2, -0.15) is 0 Å². The van der Waals surface area contributed by atoms with Gasteiger partial charge in [0.05, 0.1) is 12.1 Å². The summed E-state index contributed by atoms with van der Waals surface area (Å²) in [6.45, 7) is 9.53. The van der Waals surface area contributed by atoms with Crippen molar-refractivity contribution in [2.45, 2.75) is 52.1 Å². The molecule has 3 rings (SSSR count). The van der Waals surface area contributed by atoms with Crippen molar-refractivity contribution in [3.05, 3.63) is 41.7 Å². The molecule has 0 N–H and O–H groups in total. The van der Waals surface area contributed by atoms with Gasteiger partial charge in [-0.1, -0.05) is 30.3 Å². The van der Waals surface area contributed by atoms with E-state index in [1.807, 2.05) is 4.68 Å². The molecule has 0 atom stereocenters. The Labute approximate surface area is 138 Å². The van der Waals surface area contributed by atoms with Gasteiger partial charge in [-0.15, -0.1) is 5.10 Å². The van der Waals surface area contributed by atoms with Crippen LogP contribution in [0.5, 0.6) is 0 Å². The summed E-state index contributed by atoms with van der Waals surface area (Å²) in [5.41, 5.74) is 1.40. The third kappa shape index (κ3) is 4.16. The smallest absolute Gasteiger partial charge is 0.165 e. The average Bonchev–Trinajstić information content (AvgIpc) is 2.99. The molecular formula is C18H27N5. The van der Waals surface area contributed by atoms with E-state index in [2.05, 4.69) is 71.5 Å². The van der Waals surface area contributed by atoms with Crippen molar-refractivity contribution in [3.63, 3.8) is 0 Å². The Balaban J connectivity index is 1.53. The summed E-state index contributed by atoms with van der Waals surface area (Å²) in [7, 11) is 0. The van der Waals surface area contributed by atoms with Gasteiger partial charge in [0.2, 0.25) is 0 Å². The Hall–Kier alpha value is -1.75. The normalized spacial score (nSPS) is 17.5. The zero-order valence-electron chi connectivity index (χ0n) is 14.4. The second-order valence-electron chi connectivity index (χ2n) is 7.59. The van der Waals surface area contributed by atoms with Crippen LogP contribution in [0.1, 0.15) is 45.0 Å².